The van der Waals surface area contributed by atoms with E-state index in [1.165, 1.54) is 22.3 Å². The van der Waals surface area contributed by atoms with E-state index in [1.54, 1.807) is 4.90 Å². The van der Waals surface area contributed by atoms with Crippen molar-refractivity contribution in [1.82, 2.24) is 4.57 Å². The van der Waals surface area contributed by atoms with Crippen LogP contribution in [0.3, 0.4) is 0 Å². The summed E-state index contributed by atoms with van der Waals surface area (Å²) in [5, 5.41) is 1.84. The van der Waals surface area contributed by atoms with Crippen molar-refractivity contribution in [3.63, 3.8) is 0 Å². The van der Waals surface area contributed by atoms with E-state index in [-0.39, 0.29) is 11.3 Å². The first-order valence-corrected chi connectivity index (χ1v) is 21.0. The first-order valence-electron chi connectivity index (χ1n) is 25.5. The fourth-order valence-corrected chi connectivity index (χ4v) is 9.71. The van der Waals surface area contributed by atoms with Crippen LogP contribution in [0.5, 0.6) is 0 Å². The Morgan fingerprint density at radius 1 is 0.365 bits per heavy atom. The van der Waals surface area contributed by atoms with Crippen molar-refractivity contribution in [2.45, 2.75) is 5.41 Å². The van der Waals surface area contributed by atoms with Gasteiger partial charge in [-0.25, -0.2) is 0 Å². The van der Waals surface area contributed by atoms with Gasteiger partial charge >= 0.3 is 0 Å². The summed E-state index contributed by atoms with van der Waals surface area (Å²) in [6, 6.07) is 63.5. The van der Waals surface area contributed by atoms with E-state index in [0.29, 0.717) is 11.4 Å². The molecular weight excluding hydrogens is 761 g/mol. The summed E-state index contributed by atoms with van der Waals surface area (Å²) in [4.78, 5) is 1.73. The highest BCUT2D eigenvalue weighted by molar-refractivity contribution is 6.11. The molecule has 63 heavy (non-hydrogen) atoms. The van der Waals surface area contributed by atoms with Gasteiger partial charge in [0.2, 0.25) is 0 Å². The smallest absolute Gasteiger partial charge is 0.0713 e. The van der Waals surface area contributed by atoms with Gasteiger partial charge in [-0.2, -0.15) is 0 Å². The predicted molar refractivity (Wildman–Crippen MR) is 264 cm³/mol. The molecule has 11 aromatic rings. The molecule has 0 N–H and O–H groups in total. The highest BCUT2D eigenvalue weighted by Gasteiger charge is 2.46. The molecule has 10 aromatic carbocycles. The van der Waals surface area contributed by atoms with Crippen molar-refractivity contribution in [3.8, 4) is 39.1 Å². The normalized spacial score (nSPS) is 14.6. The number of rotatable bonds is 8. The molecule has 0 atom stereocenters. The van der Waals surface area contributed by atoms with E-state index in [9.17, 15) is 5.48 Å². The van der Waals surface area contributed by atoms with Gasteiger partial charge in [-0.3, -0.25) is 0 Å². The molecule has 0 aliphatic heterocycles. The van der Waals surface area contributed by atoms with Crippen LogP contribution in [-0.4, -0.2) is 4.57 Å². The van der Waals surface area contributed by atoms with E-state index < -0.39 is 65.4 Å². The molecule has 0 bridgehead atoms. The Morgan fingerprint density at radius 2 is 0.889 bits per heavy atom. The van der Waals surface area contributed by atoms with Crippen LogP contribution in [0.15, 0.2) is 255 Å². The summed E-state index contributed by atoms with van der Waals surface area (Å²) >= 11 is 0. The largest absolute Gasteiger partial charge is 0.310 e. The Bertz CT molecular complexity index is 3860. The Labute approximate surface area is 380 Å². The fraction of sp³-hybridized carbons (Fsp3) is 0.0164. The van der Waals surface area contributed by atoms with Gasteiger partial charge in [0.15, 0.2) is 0 Å². The summed E-state index contributed by atoms with van der Waals surface area (Å²) in [5.74, 6) is 0. The molecule has 1 aliphatic rings. The van der Waals surface area contributed by atoms with Crippen molar-refractivity contribution in [1.29, 1.82) is 0 Å². The number of benzene rings is 10. The van der Waals surface area contributed by atoms with Gasteiger partial charge in [-0.15, -0.1) is 0 Å². The summed E-state index contributed by atoms with van der Waals surface area (Å²) in [6.45, 7) is 0. The quantitative estimate of drug-likeness (QED) is 0.148. The number of anilines is 3. The minimum atomic E-state index is -0.675. The highest BCUT2D eigenvalue weighted by atomic mass is 15.1. The molecule has 0 saturated heterocycles. The SMILES string of the molecule is [2H]c1c([2H])c([2H])c(-c2c([2H])c([2H])c(N(c3ccc(-c4ccccc4)cc3)c3ccc4c(c3)c3cc(C5(c6ccccc6)c6ccccc6-c6ccccc65)ccc3n4-c3ccccc3)c([2H])c2[2H])c([2H])c1[2H]. The topological polar surface area (TPSA) is 8.17 Å². The van der Waals surface area contributed by atoms with Crippen molar-refractivity contribution in [3.05, 3.63) is 277 Å². The van der Waals surface area contributed by atoms with Gasteiger partial charge in [-0.05, 0) is 122 Å². The molecule has 12 rings (SSSR count). The third-order valence-corrected chi connectivity index (χ3v) is 12.4. The second kappa shape index (κ2) is 15.1. The van der Waals surface area contributed by atoms with Gasteiger partial charge in [0.05, 0.1) is 28.8 Å². The first kappa shape index (κ1) is 28.3. The Kier molecular flexibility index (Phi) is 6.78. The van der Waals surface area contributed by atoms with E-state index in [2.05, 4.69) is 108 Å². The maximum atomic E-state index is 9.69. The predicted octanol–water partition coefficient (Wildman–Crippen LogP) is 16.0. The van der Waals surface area contributed by atoms with Gasteiger partial charge in [0.1, 0.15) is 0 Å². The van der Waals surface area contributed by atoms with Crippen LogP contribution in [0.4, 0.5) is 17.1 Å². The summed E-state index contributed by atoms with van der Waals surface area (Å²) in [7, 11) is 0. The summed E-state index contributed by atoms with van der Waals surface area (Å²) in [5.41, 5.74) is 11.3. The number of aromatic nitrogens is 1. The van der Waals surface area contributed by atoms with Gasteiger partial charge in [0.25, 0.3) is 0 Å². The molecule has 0 saturated carbocycles. The number of para-hydroxylation sites is 1. The van der Waals surface area contributed by atoms with Crippen LogP contribution in [0.25, 0.3) is 60.9 Å². The van der Waals surface area contributed by atoms with Crippen molar-refractivity contribution in [2.24, 2.45) is 0 Å². The second-order valence-electron chi connectivity index (χ2n) is 15.8. The maximum Gasteiger partial charge on any atom is 0.0713 e. The van der Waals surface area contributed by atoms with Crippen LogP contribution in [-0.2, 0) is 5.41 Å². The van der Waals surface area contributed by atoms with E-state index in [4.69, 9.17) is 6.85 Å². The van der Waals surface area contributed by atoms with Crippen LogP contribution < -0.4 is 4.90 Å². The van der Waals surface area contributed by atoms with Crippen LogP contribution in [0, 0.1) is 0 Å². The van der Waals surface area contributed by atoms with Crippen molar-refractivity contribution in [2.75, 3.05) is 4.90 Å². The molecule has 2 heteroatoms. The lowest BCUT2D eigenvalue weighted by atomic mass is 9.67. The summed E-state index contributed by atoms with van der Waals surface area (Å²) in [6.07, 6.45) is 0. The zero-order valence-electron chi connectivity index (χ0n) is 42.9. The van der Waals surface area contributed by atoms with Gasteiger partial charge in [-0.1, -0.05) is 188 Å². The standard InChI is InChI=1S/C61H42N2/c1-5-17-43(18-6-1)45-29-34-50(35-30-45)62(51-36-31-46(32-37-51)44-19-7-2-8-20-44)52-38-40-60-56(42-52)55-41-48(33-39-59(55)63(60)49-23-11-4-12-24-49)61(47-21-9-3-10-22-47)57-27-15-13-25-53(57)54-26-14-16-28-58(54)61/h1-42H/i1D,5D,6D,17D,18D,29D,30D,34D,35D. The molecule has 1 heterocycles. The molecule has 2 nitrogen and oxygen atoms in total. The molecule has 1 aromatic heterocycles. The molecule has 0 radical (unpaired) electrons. The molecular formula is C61H42N2. The second-order valence-corrected chi connectivity index (χ2v) is 15.8. The van der Waals surface area contributed by atoms with Crippen LogP contribution in [0.1, 0.15) is 34.6 Å². The third kappa shape index (κ3) is 5.95. The fourth-order valence-electron chi connectivity index (χ4n) is 9.71. The Balaban J connectivity index is 1.14. The molecule has 0 fully saturated rings. The molecule has 0 amide bonds. The molecule has 0 unspecified atom stereocenters. The maximum absolute atomic E-state index is 9.69. The number of nitrogens with zero attached hydrogens (tertiary/aromatic N) is 2. The third-order valence-electron chi connectivity index (χ3n) is 12.4. The lowest BCUT2D eigenvalue weighted by Crippen LogP contribution is -2.28. The van der Waals surface area contributed by atoms with E-state index >= 15 is 0 Å². The number of fused-ring (bicyclic) bond motifs is 6. The zero-order valence-corrected chi connectivity index (χ0v) is 33.9. The zero-order chi connectivity index (χ0) is 49.6. The van der Waals surface area contributed by atoms with Crippen molar-refractivity contribution < 1.29 is 12.3 Å². The molecule has 296 valence electrons. The Morgan fingerprint density at radius 3 is 1.56 bits per heavy atom. The monoisotopic (exact) mass is 811 g/mol. The van der Waals surface area contributed by atoms with Gasteiger partial charge < -0.3 is 9.47 Å². The highest BCUT2D eigenvalue weighted by Crippen LogP contribution is 2.56. The average molecular weight is 812 g/mol. The minimum absolute atomic E-state index is 0.0670. The van der Waals surface area contributed by atoms with Crippen molar-refractivity contribution >= 4 is 38.9 Å². The van der Waals surface area contributed by atoms with Gasteiger partial charge in [0, 0.05) is 33.5 Å². The Hall–Kier alpha value is -8.20. The number of hydrogen-bond donors (Lipinski definition) is 0. The number of hydrogen-bond acceptors (Lipinski definition) is 1. The molecule has 1 aliphatic carbocycles. The molecule has 0 spiro atoms. The first-order chi connectivity index (χ1) is 35.0. The lowest BCUT2D eigenvalue weighted by Gasteiger charge is -2.34. The van der Waals surface area contributed by atoms with Crippen LogP contribution >= 0.6 is 0 Å². The van der Waals surface area contributed by atoms with E-state index in [1.807, 2.05) is 97.1 Å². The van der Waals surface area contributed by atoms with E-state index in [0.717, 1.165) is 49.7 Å². The minimum Gasteiger partial charge on any atom is -0.310 e. The van der Waals surface area contributed by atoms with Crippen LogP contribution in [0.2, 0.25) is 0 Å². The summed E-state index contributed by atoms with van der Waals surface area (Å²) < 4.78 is 82.9. The average Bonchev–Trinajstić information content (AvgIpc) is 3.92. The lowest BCUT2D eigenvalue weighted by molar-refractivity contribution is 0.770.